The minimum Gasteiger partial charge on any atom is -0.492 e. The molecule has 0 aromatic heterocycles. The zero-order valence-electron chi connectivity index (χ0n) is 19.8. The predicted octanol–water partition coefficient (Wildman–Crippen LogP) is 4.56. The van der Waals surface area contributed by atoms with Crippen LogP contribution in [0.1, 0.15) is 37.6 Å². The van der Waals surface area contributed by atoms with Crippen LogP contribution in [0.5, 0.6) is 5.75 Å². The van der Waals surface area contributed by atoms with Crippen LogP contribution in [-0.2, 0) is 4.79 Å². The fourth-order valence-corrected chi connectivity index (χ4v) is 4.15. The van der Waals surface area contributed by atoms with Gasteiger partial charge in [-0.15, -0.1) is 0 Å². The van der Waals surface area contributed by atoms with Crippen molar-refractivity contribution >= 4 is 52.1 Å². The number of nitrogens with zero attached hydrogens (tertiary/aromatic N) is 2. The Morgan fingerprint density at radius 2 is 1.76 bits per heavy atom. The van der Waals surface area contributed by atoms with Crippen molar-refractivity contribution in [3.63, 3.8) is 0 Å². The molecule has 0 atom stereocenters. The van der Waals surface area contributed by atoms with Gasteiger partial charge in [-0.1, -0.05) is 25.4 Å². The lowest BCUT2D eigenvalue weighted by Gasteiger charge is -2.36. The second-order valence-electron chi connectivity index (χ2n) is 8.50. The van der Waals surface area contributed by atoms with E-state index in [1.165, 1.54) is 0 Å². The monoisotopic (exact) mass is 502 g/mol. The minimum atomic E-state index is -0.357. The quantitative estimate of drug-likeness (QED) is 0.541. The topological polar surface area (TPSA) is 73.9 Å². The molecule has 0 spiro atoms. The van der Waals surface area contributed by atoms with Crippen LogP contribution < -0.4 is 20.3 Å². The Balaban J connectivity index is 1.50. The standard InChI is InChI=1S/C25H31ClN4O3S/c1-4-33-22-10-5-18(16-21(22)26)24(32)28-25(34)27-19-6-8-20(9-7-19)29-11-13-30(14-12-29)23(31)15-17(2)3/h5-10,16-17H,4,11-15H2,1-3H3,(H2,27,28,32,34). The second-order valence-corrected chi connectivity index (χ2v) is 9.31. The fraction of sp³-hybridized carbons (Fsp3) is 0.400. The molecule has 1 saturated heterocycles. The number of rotatable bonds is 7. The van der Waals surface area contributed by atoms with Crippen LogP contribution >= 0.6 is 23.8 Å². The zero-order valence-corrected chi connectivity index (χ0v) is 21.3. The number of anilines is 2. The van der Waals surface area contributed by atoms with Gasteiger partial charge in [0.1, 0.15) is 5.75 Å². The van der Waals surface area contributed by atoms with E-state index in [2.05, 4.69) is 29.4 Å². The number of halogens is 1. The van der Waals surface area contributed by atoms with Gasteiger partial charge in [-0.3, -0.25) is 14.9 Å². The smallest absolute Gasteiger partial charge is 0.257 e. The van der Waals surface area contributed by atoms with Gasteiger partial charge < -0.3 is 19.9 Å². The first-order valence-corrected chi connectivity index (χ1v) is 12.2. The molecule has 0 unspecified atom stereocenters. The van der Waals surface area contributed by atoms with Crippen LogP contribution in [0.2, 0.25) is 5.02 Å². The lowest BCUT2D eigenvalue weighted by Crippen LogP contribution is -2.49. The van der Waals surface area contributed by atoms with Gasteiger partial charge in [-0.25, -0.2) is 0 Å². The van der Waals surface area contributed by atoms with Gasteiger partial charge in [0.25, 0.3) is 5.91 Å². The van der Waals surface area contributed by atoms with Crippen molar-refractivity contribution < 1.29 is 14.3 Å². The van der Waals surface area contributed by atoms with E-state index in [1.807, 2.05) is 36.1 Å². The molecule has 1 fully saturated rings. The number of ether oxygens (including phenoxy) is 1. The molecule has 3 rings (SSSR count). The van der Waals surface area contributed by atoms with Crippen molar-refractivity contribution in [3.8, 4) is 5.75 Å². The maximum atomic E-state index is 12.5. The van der Waals surface area contributed by atoms with E-state index in [1.54, 1.807) is 18.2 Å². The van der Waals surface area contributed by atoms with Gasteiger partial charge in [-0.2, -0.15) is 0 Å². The number of piperazine rings is 1. The van der Waals surface area contributed by atoms with Gasteiger partial charge in [0.05, 0.1) is 11.6 Å². The molecule has 0 aliphatic carbocycles. The molecule has 1 aliphatic rings. The Morgan fingerprint density at radius 1 is 1.09 bits per heavy atom. The molecule has 2 aromatic rings. The van der Waals surface area contributed by atoms with Crippen molar-refractivity contribution in [2.75, 3.05) is 43.0 Å². The van der Waals surface area contributed by atoms with Crippen LogP contribution in [0.4, 0.5) is 11.4 Å². The number of thiocarbonyl (C=S) groups is 1. The Hall–Kier alpha value is -2.84. The first-order valence-electron chi connectivity index (χ1n) is 11.4. The molecular weight excluding hydrogens is 472 g/mol. The molecule has 2 aromatic carbocycles. The van der Waals surface area contributed by atoms with E-state index >= 15 is 0 Å². The predicted molar refractivity (Wildman–Crippen MR) is 141 cm³/mol. The molecule has 34 heavy (non-hydrogen) atoms. The summed E-state index contributed by atoms with van der Waals surface area (Å²) in [4.78, 5) is 29.0. The average Bonchev–Trinajstić information content (AvgIpc) is 2.80. The van der Waals surface area contributed by atoms with E-state index in [-0.39, 0.29) is 16.9 Å². The summed E-state index contributed by atoms with van der Waals surface area (Å²) in [6.45, 7) is 9.56. The fourth-order valence-electron chi connectivity index (χ4n) is 3.70. The van der Waals surface area contributed by atoms with E-state index in [0.717, 1.165) is 37.6 Å². The first kappa shape index (κ1) is 25.8. The number of amides is 2. The van der Waals surface area contributed by atoms with E-state index in [9.17, 15) is 9.59 Å². The van der Waals surface area contributed by atoms with E-state index < -0.39 is 0 Å². The van der Waals surface area contributed by atoms with Crippen LogP contribution in [0.25, 0.3) is 0 Å². The molecule has 2 N–H and O–H groups in total. The average molecular weight is 503 g/mol. The van der Waals surface area contributed by atoms with Gasteiger partial charge in [-0.05, 0) is 67.5 Å². The molecule has 1 heterocycles. The third-order valence-electron chi connectivity index (χ3n) is 5.43. The number of nitrogens with one attached hydrogen (secondary N) is 2. The van der Waals surface area contributed by atoms with Crippen molar-refractivity contribution in [1.29, 1.82) is 0 Å². The molecule has 1 aliphatic heterocycles. The van der Waals surface area contributed by atoms with Crippen molar-refractivity contribution in [2.45, 2.75) is 27.2 Å². The summed E-state index contributed by atoms with van der Waals surface area (Å²) in [6, 6.07) is 12.7. The number of benzene rings is 2. The normalized spacial score (nSPS) is 13.6. The Kier molecular flexibility index (Phi) is 9.12. The Labute approximate surface area is 211 Å². The SMILES string of the molecule is CCOc1ccc(C(=O)NC(=S)Nc2ccc(N3CCN(C(=O)CC(C)C)CC3)cc2)cc1Cl. The second kappa shape index (κ2) is 12.0. The maximum absolute atomic E-state index is 12.5. The molecule has 0 saturated carbocycles. The van der Waals surface area contributed by atoms with Crippen LogP contribution in [-0.4, -0.2) is 54.6 Å². The lowest BCUT2D eigenvalue weighted by atomic mass is 10.1. The van der Waals surface area contributed by atoms with Crippen LogP contribution in [0.15, 0.2) is 42.5 Å². The number of carbonyl (C=O) groups is 2. The number of hydrogen-bond donors (Lipinski definition) is 2. The third-order valence-corrected chi connectivity index (χ3v) is 5.93. The van der Waals surface area contributed by atoms with Gasteiger partial charge in [0.15, 0.2) is 5.11 Å². The summed E-state index contributed by atoms with van der Waals surface area (Å²) < 4.78 is 5.39. The Bertz CT molecular complexity index is 1020. The van der Waals surface area contributed by atoms with Crippen LogP contribution in [0, 0.1) is 5.92 Å². The summed E-state index contributed by atoms with van der Waals surface area (Å²) in [7, 11) is 0. The van der Waals surface area contributed by atoms with E-state index in [4.69, 9.17) is 28.6 Å². The highest BCUT2D eigenvalue weighted by Crippen LogP contribution is 2.25. The van der Waals surface area contributed by atoms with Crippen molar-refractivity contribution in [1.82, 2.24) is 10.2 Å². The lowest BCUT2D eigenvalue weighted by molar-refractivity contribution is -0.132. The first-order chi connectivity index (χ1) is 16.3. The molecule has 182 valence electrons. The molecule has 2 amide bonds. The summed E-state index contributed by atoms with van der Waals surface area (Å²) in [5.41, 5.74) is 2.24. The molecule has 0 bridgehead atoms. The number of carbonyl (C=O) groups excluding carboxylic acids is 2. The molecule has 0 radical (unpaired) electrons. The Morgan fingerprint density at radius 3 is 2.35 bits per heavy atom. The van der Waals surface area contributed by atoms with Crippen molar-refractivity contribution in [3.05, 3.63) is 53.1 Å². The minimum absolute atomic E-state index is 0.194. The molecular formula is C25H31ClN4O3S. The number of hydrogen-bond acceptors (Lipinski definition) is 5. The summed E-state index contributed by atoms with van der Waals surface area (Å²) in [5, 5.41) is 6.26. The highest BCUT2D eigenvalue weighted by Gasteiger charge is 2.21. The summed E-state index contributed by atoms with van der Waals surface area (Å²) >= 11 is 11.5. The molecule has 7 nitrogen and oxygen atoms in total. The van der Waals surface area contributed by atoms with Crippen LogP contribution in [0.3, 0.4) is 0 Å². The third kappa shape index (κ3) is 7.08. The highest BCUT2D eigenvalue weighted by molar-refractivity contribution is 7.80. The summed E-state index contributed by atoms with van der Waals surface area (Å²) in [5.74, 6) is 0.784. The largest absolute Gasteiger partial charge is 0.492 e. The maximum Gasteiger partial charge on any atom is 0.257 e. The van der Waals surface area contributed by atoms with Gasteiger partial charge in [0, 0.05) is 49.5 Å². The van der Waals surface area contributed by atoms with E-state index in [0.29, 0.717) is 35.3 Å². The van der Waals surface area contributed by atoms with Gasteiger partial charge in [0.2, 0.25) is 5.91 Å². The zero-order chi connectivity index (χ0) is 24.7. The summed E-state index contributed by atoms with van der Waals surface area (Å²) in [6.07, 6.45) is 0.600. The van der Waals surface area contributed by atoms with Crippen molar-refractivity contribution in [2.24, 2.45) is 5.92 Å². The molecule has 9 heteroatoms. The highest BCUT2D eigenvalue weighted by atomic mass is 35.5. The van der Waals surface area contributed by atoms with Gasteiger partial charge >= 0.3 is 0 Å².